The maximum Gasteiger partial charge on any atom is 0.268 e. The van der Waals surface area contributed by atoms with Crippen LogP contribution in [0.15, 0.2) is 206 Å². The van der Waals surface area contributed by atoms with E-state index in [1.54, 1.807) is 0 Å². The largest absolute Gasteiger partial charge is 0.510 e. The average molecular weight is 1230 g/mol. The van der Waals surface area contributed by atoms with Gasteiger partial charge in [-0.1, -0.05) is 219 Å². The van der Waals surface area contributed by atoms with Gasteiger partial charge in [0.05, 0.1) is 34.6 Å². The fourth-order valence-corrected chi connectivity index (χ4v) is 11.2. The van der Waals surface area contributed by atoms with Gasteiger partial charge >= 0.3 is 0 Å². The van der Waals surface area contributed by atoms with E-state index < -0.39 is 18.1 Å². The molecule has 0 amide bonds. The van der Waals surface area contributed by atoms with Crippen LogP contribution >= 0.6 is 0 Å². The van der Waals surface area contributed by atoms with Gasteiger partial charge in [-0.2, -0.15) is 12.1 Å². The Morgan fingerprint density at radius 2 is 1.15 bits per heavy atom. The van der Waals surface area contributed by atoms with E-state index in [-0.39, 0.29) is 49.5 Å². The van der Waals surface area contributed by atoms with Crippen molar-refractivity contribution in [3.8, 4) is 56.6 Å². The first kappa shape index (κ1) is 46.6. The molecule has 398 valence electrons. The van der Waals surface area contributed by atoms with Gasteiger partial charge in [-0.3, -0.25) is 4.57 Å². The van der Waals surface area contributed by atoms with Crippen molar-refractivity contribution in [2.45, 2.75) is 79.1 Å². The van der Waals surface area contributed by atoms with E-state index in [0.29, 0.717) is 40.3 Å². The Kier molecular flexibility index (Phi) is 11.9. The van der Waals surface area contributed by atoms with Crippen LogP contribution in [0, 0.1) is 24.4 Å². The molecule has 0 bridgehead atoms. The third-order valence-corrected chi connectivity index (χ3v) is 15.8. The number of hydrogen-bond acceptors (Lipinski definition) is 2. The van der Waals surface area contributed by atoms with Gasteiger partial charge in [0.2, 0.25) is 0 Å². The van der Waals surface area contributed by atoms with Gasteiger partial charge in [0.1, 0.15) is 5.82 Å². The third-order valence-electron chi connectivity index (χ3n) is 15.8. The molecule has 1 atom stereocenters. The first-order valence-corrected chi connectivity index (χ1v) is 27.2. The number of aromatic nitrogens is 5. The average Bonchev–Trinajstić information content (AvgIpc) is 1.76. The topological polar surface area (TPSA) is 40.8 Å². The van der Waals surface area contributed by atoms with Crippen LogP contribution in [0.2, 0.25) is 0 Å². The molecule has 0 saturated heterocycles. The predicted octanol–water partition coefficient (Wildman–Crippen LogP) is 18.4. The molecule has 4 heterocycles. The Labute approximate surface area is 490 Å². The molecule has 0 aliphatic rings. The van der Waals surface area contributed by atoms with Crippen molar-refractivity contribution in [2.24, 2.45) is 5.92 Å². The summed E-state index contributed by atoms with van der Waals surface area (Å²) < 4.78 is 60.4. The van der Waals surface area contributed by atoms with Gasteiger partial charge in [0, 0.05) is 55.1 Å². The maximum atomic E-state index is 9.32. The molecule has 13 rings (SSSR count). The van der Waals surface area contributed by atoms with Gasteiger partial charge in [-0.15, -0.1) is 24.3 Å². The summed E-state index contributed by atoms with van der Waals surface area (Å²) in [5.41, 5.74) is 13.0. The molecule has 0 N–H and O–H groups in total. The van der Waals surface area contributed by atoms with Crippen LogP contribution in [0.3, 0.4) is 0 Å². The van der Waals surface area contributed by atoms with E-state index in [2.05, 4.69) is 205 Å². The van der Waals surface area contributed by atoms with Crippen molar-refractivity contribution in [2.75, 3.05) is 0 Å². The summed E-state index contributed by atoms with van der Waals surface area (Å²) in [7, 11) is 0. The minimum atomic E-state index is -0.450. The Balaban J connectivity index is 0.00000709. The standard InChI is InChI=1S/C73H63N5O.Pt/c1-47(2)48(3)50-37-38-74-69(41-50)78-64-34-18-15-29-61(64)70-67(77-62-32-16-13-27-59(62)60-28-14-17-33-63(60)77)44-56(45-68(70)78)79-55-26-21-25-54(43-55)75-46-76(66-36-20-19-35-65(66)75)71-57(49-23-11-10-12-24-49)30-22-31-58(71)51-39-52(72(4,5)6)42-53(40-51)73(7,8)9;/h10-42,44,47-48H,1-9H3;/q-2;/i10D,11D,12D,23D,24D;. The summed E-state index contributed by atoms with van der Waals surface area (Å²) in [5.74, 6) is 2.43. The van der Waals surface area contributed by atoms with Crippen molar-refractivity contribution < 1.29 is 37.2 Å². The molecular weight excluding hydrogens is 1160 g/mol. The molecule has 13 aromatic rings. The third kappa shape index (κ3) is 9.14. The molecule has 0 aliphatic heterocycles. The van der Waals surface area contributed by atoms with Crippen LogP contribution in [0.1, 0.15) is 91.8 Å². The van der Waals surface area contributed by atoms with Crippen LogP contribution in [-0.4, -0.2) is 18.7 Å². The van der Waals surface area contributed by atoms with Crippen LogP contribution in [0.5, 0.6) is 11.5 Å². The summed E-state index contributed by atoms with van der Waals surface area (Å²) in [6.07, 6.45) is 5.63. The number of hydrogen-bond donors (Lipinski definition) is 0. The summed E-state index contributed by atoms with van der Waals surface area (Å²) in [4.78, 5) is 5.05. The minimum Gasteiger partial charge on any atom is -0.510 e. The number of nitrogens with zero attached hydrogens (tertiary/aromatic N) is 5. The zero-order valence-electron chi connectivity index (χ0n) is 51.4. The van der Waals surface area contributed by atoms with Gasteiger partial charge in [0.15, 0.2) is 0 Å². The first-order valence-electron chi connectivity index (χ1n) is 29.7. The Hall–Kier alpha value is -8.31. The molecule has 0 aliphatic carbocycles. The molecule has 0 saturated carbocycles. The number of fused-ring (bicyclic) bond motifs is 7. The summed E-state index contributed by atoms with van der Waals surface area (Å²) >= 11 is 0. The minimum absolute atomic E-state index is 0. The predicted molar refractivity (Wildman–Crippen MR) is 326 cm³/mol. The second-order valence-corrected chi connectivity index (χ2v) is 23.2. The number of ether oxygens (including phenoxy) is 1. The van der Waals surface area contributed by atoms with E-state index in [4.69, 9.17) is 13.8 Å². The number of benzene rings is 9. The Bertz CT molecular complexity index is 4690. The summed E-state index contributed by atoms with van der Waals surface area (Å²) in [6, 6.07) is 63.9. The van der Waals surface area contributed by atoms with Crippen molar-refractivity contribution in [1.29, 1.82) is 0 Å². The van der Waals surface area contributed by atoms with Crippen LogP contribution in [0.25, 0.3) is 99.8 Å². The monoisotopic (exact) mass is 1230 g/mol. The van der Waals surface area contributed by atoms with Crippen molar-refractivity contribution in [1.82, 2.24) is 18.7 Å². The van der Waals surface area contributed by atoms with E-state index in [9.17, 15) is 2.74 Å². The second kappa shape index (κ2) is 20.4. The van der Waals surface area contributed by atoms with E-state index in [1.165, 1.54) is 5.56 Å². The van der Waals surface area contributed by atoms with Gasteiger partial charge in [0.25, 0.3) is 6.33 Å². The number of rotatable bonds is 10. The van der Waals surface area contributed by atoms with Crippen LogP contribution in [-0.2, 0) is 31.9 Å². The first-order chi connectivity index (χ1) is 40.3. The molecule has 0 fully saturated rings. The SMILES string of the molecule is [2H]c1c([2H])c([2H])c(-c2cccc(-c3cc(C(C)(C)C)cc(C(C)(C)C)c3)c2-[n+]2[c-]n(-c3[c-]c(Oc4[c-]c5c(c(-n6c7ccccc7c7ccccc76)c4)c4ccccc4n5-c4cc(C(C)C(C)C)ccn4)ccc3)c3ccccc32)c([2H])c1[2H].[Pt]. The van der Waals surface area contributed by atoms with E-state index in [0.717, 1.165) is 88.4 Å². The number of imidazole rings is 1. The zero-order valence-corrected chi connectivity index (χ0v) is 48.6. The van der Waals surface area contributed by atoms with Gasteiger partial charge < -0.3 is 18.4 Å². The number of pyridine rings is 1. The smallest absolute Gasteiger partial charge is 0.268 e. The second-order valence-electron chi connectivity index (χ2n) is 23.2. The van der Waals surface area contributed by atoms with Gasteiger partial charge in [-0.05, 0) is 109 Å². The molecule has 4 aromatic heterocycles. The normalized spacial score (nSPS) is 13.4. The molecule has 80 heavy (non-hydrogen) atoms. The number of para-hydroxylation sites is 6. The molecular formula is C73H63N5OPt-2. The van der Waals surface area contributed by atoms with Crippen LogP contribution in [0.4, 0.5) is 0 Å². The Morgan fingerprint density at radius 3 is 1.80 bits per heavy atom. The van der Waals surface area contributed by atoms with Gasteiger partial charge in [-0.25, -0.2) is 4.98 Å². The summed E-state index contributed by atoms with van der Waals surface area (Å²) in [5, 5.41) is 4.34. The molecule has 0 radical (unpaired) electrons. The van der Waals surface area contributed by atoms with E-state index >= 15 is 0 Å². The van der Waals surface area contributed by atoms with E-state index in [1.807, 2.05) is 69.9 Å². The maximum absolute atomic E-state index is 9.32. The molecule has 7 heteroatoms. The molecule has 1 unspecified atom stereocenters. The molecule has 6 nitrogen and oxygen atoms in total. The molecule has 9 aromatic carbocycles. The van der Waals surface area contributed by atoms with Crippen molar-refractivity contribution in [3.05, 3.63) is 241 Å². The fourth-order valence-electron chi connectivity index (χ4n) is 11.2. The van der Waals surface area contributed by atoms with Crippen molar-refractivity contribution >= 4 is 54.6 Å². The molecule has 0 spiro atoms. The fraction of sp³-hybridized carbons (Fsp3) is 0.178. The van der Waals surface area contributed by atoms with Crippen LogP contribution < -0.4 is 9.30 Å². The summed E-state index contributed by atoms with van der Waals surface area (Å²) in [6.45, 7) is 20.0. The van der Waals surface area contributed by atoms with Crippen molar-refractivity contribution in [3.63, 3.8) is 0 Å². The quantitative estimate of drug-likeness (QED) is 0.101. The zero-order chi connectivity index (χ0) is 58.7. The Morgan fingerprint density at radius 1 is 0.562 bits per heavy atom.